The largest absolute Gasteiger partial charge is 0.257 e. The average Bonchev–Trinajstić information content (AvgIpc) is 2.15. The van der Waals surface area contributed by atoms with Gasteiger partial charge < -0.3 is 0 Å². The number of nitrogens with two attached hydrogens (primary N) is 1. The lowest BCUT2D eigenvalue weighted by atomic mass is 10.3. The van der Waals surface area contributed by atoms with Crippen molar-refractivity contribution in [2.24, 2.45) is 5.14 Å². The Morgan fingerprint density at radius 1 is 1.62 bits per heavy atom. The van der Waals surface area contributed by atoms with Crippen LogP contribution >= 0.6 is 0 Å². The highest BCUT2D eigenvalue weighted by Gasteiger charge is 2.00. The third-order valence-electron chi connectivity index (χ3n) is 1.59. The normalized spacial score (nSPS) is 15.8. The predicted molar refractivity (Wildman–Crippen MR) is 55.1 cm³/mol. The Kier molecular flexibility index (Phi) is 3.79. The molecule has 2 N–H and O–H groups in total. The fourth-order valence-electron chi connectivity index (χ4n) is 0.786. The van der Waals surface area contributed by atoms with E-state index in [0.29, 0.717) is 0 Å². The van der Waals surface area contributed by atoms with Crippen LogP contribution in [-0.4, -0.2) is 14.4 Å². The first-order valence-corrected chi connectivity index (χ1v) is 5.22. The van der Waals surface area contributed by atoms with Crippen molar-refractivity contribution in [2.45, 2.75) is 12.2 Å². The van der Waals surface area contributed by atoms with E-state index in [1.807, 2.05) is 24.3 Å². The first-order chi connectivity index (χ1) is 6.20. The highest BCUT2D eigenvalue weighted by atomic mass is 32.2. The number of aromatic nitrogens is 1. The summed E-state index contributed by atoms with van der Waals surface area (Å²) < 4.78 is 10.8. The van der Waals surface area contributed by atoms with Gasteiger partial charge in [0, 0.05) is 6.20 Å². The second-order valence-corrected chi connectivity index (χ2v) is 4.05. The highest BCUT2D eigenvalue weighted by Crippen LogP contribution is 2.00. The van der Waals surface area contributed by atoms with Gasteiger partial charge in [0.15, 0.2) is 0 Å². The molecule has 2 atom stereocenters. The van der Waals surface area contributed by atoms with Crippen molar-refractivity contribution in [2.75, 3.05) is 0 Å². The van der Waals surface area contributed by atoms with Gasteiger partial charge in [-0.3, -0.25) is 10.1 Å². The summed E-state index contributed by atoms with van der Waals surface area (Å²) in [5.74, 6) is 0. The topological polar surface area (TPSA) is 56.0 Å². The minimum absolute atomic E-state index is 0.137. The molecule has 0 saturated carbocycles. The van der Waals surface area contributed by atoms with Crippen LogP contribution in [0.25, 0.3) is 6.08 Å². The van der Waals surface area contributed by atoms with Gasteiger partial charge in [0.2, 0.25) is 0 Å². The molecule has 1 rings (SSSR count). The molecule has 1 aromatic rings. The molecule has 70 valence electrons. The number of nitrogens with zero attached hydrogens (tertiary/aromatic N) is 1. The Balaban J connectivity index is 2.64. The van der Waals surface area contributed by atoms with Gasteiger partial charge >= 0.3 is 0 Å². The first-order valence-electron chi connectivity index (χ1n) is 3.94. The number of rotatable bonds is 3. The van der Waals surface area contributed by atoms with Crippen LogP contribution in [-0.2, 0) is 11.0 Å². The zero-order valence-corrected chi connectivity index (χ0v) is 8.20. The molecule has 0 bridgehead atoms. The van der Waals surface area contributed by atoms with E-state index in [1.165, 1.54) is 0 Å². The molecule has 0 aliphatic heterocycles. The second-order valence-electron chi connectivity index (χ2n) is 2.65. The molecule has 0 aliphatic carbocycles. The molecule has 0 saturated heterocycles. The number of hydrogen-bond acceptors (Lipinski definition) is 2. The van der Waals surface area contributed by atoms with Crippen molar-refractivity contribution in [3.63, 3.8) is 0 Å². The van der Waals surface area contributed by atoms with E-state index >= 15 is 0 Å². The smallest absolute Gasteiger partial charge is 0.0955 e. The number of pyridine rings is 1. The minimum Gasteiger partial charge on any atom is -0.257 e. The van der Waals surface area contributed by atoms with Gasteiger partial charge in [0.05, 0.1) is 21.9 Å². The van der Waals surface area contributed by atoms with Crippen LogP contribution in [0, 0.1) is 0 Å². The van der Waals surface area contributed by atoms with E-state index in [-0.39, 0.29) is 5.25 Å². The Bertz CT molecular complexity index is 311. The van der Waals surface area contributed by atoms with Crippen LogP contribution in [0.1, 0.15) is 12.6 Å². The van der Waals surface area contributed by atoms with Gasteiger partial charge in [-0.05, 0) is 25.1 Å². The zero-order valence-electron chi connectivity index (χ0n) is 7.38. The summed E-state index contributed by atoms with van der Waals surface area (Å²) in [5.41, 5.74) is 0.847. The molecule has 0 aromatic carbocycles. The summed E-state index contributed by atoms with van der Waals surface area (Å²) in [4.78, 5) is 4.08. The molecular formula is C9H12N2OS. The minimum atomic E-state index is -1.30. The molecule has 1 heterocycles. The lowest BCUT2D eigenvalue weighted by molar-refractivity contribution is 0.681. The fourth-order valence-corrected chi connectivity index (χ4v) is 1.02. The van der Waals surface area contributed by atoms with E-state index in [9.17, 15) is 4.21 Å². The average molecular weight is 196 g/mol. The summed E-state index contributed by atoms with van der Waals surface area (Å²) in [6, 6.07) is 5.63. The van der Waals surface area contributed by atoms with Crippen molar-refractivity contribution < 1.29 is 4.21 Å². The SMILES string of the molecule is CC(/C=C/c1ccccn1)S(N)=O. The molecule has 1 aromatic heterocycles. The Morgan fingerprint density at radius 2 is 2.38 bits per heavy atom. The lowest BCUT2D eigenvalue weighted by Crippen LogP contribution is -2.15. The van der Waals surface area contributed by atoms with Crippen LogP contribution in [0.15, 0.2) is 30.5 Å². The maximum absolute atomic E-state index is 10.8. The molecule has 0 radical (unpaired) electrons. The number of hydrogen-bond donors (Lipinski definition) is 1. The molecule has 0 spiro atoms. The Morgan fingerprint density at radius 3 is 2.92 bits per heavy atom. The molecule has 2 unspecified atom stereocenters. The van der Waals surface area contributed by atoms with E-state index in [4.69, 9.17) is 5.14 Å². The molecule has 0 fully saturated rings. The highest BCUT2D eigenvalue weighted by molar-refractivity contribution is 7.83. The zero-order chi connectivity index (χ0) is 9.68. The van der Waals surface area contributed by atoms with Crippen molar-refractivity contribution in [3.05, 3.63) is 36.2 Å². The summed E-state index contributed by atoms with van der Waals surface area (Å²) in [6.07, 6.45) is 5.32. The summed E-state index contributed by atoms with van der Waals surface area (Å²) in [6.45, 7) is 1.80. The maximum atomic E-state index is 10.8. The van der Waals surface area contributed by atoms with Crippen LogP contribution in [0.3, 0.4) is 0 Å². The molecule has 13 heavy (non-hydrogen) atoms. The predicted octanol–water partition coefficient (Wildman–Crippen LogP) is 1.11. The Labute approximate surface area is 80.3 Å². The summed E-state index contributed by atoms with van der Waals surface area (Å²) >= 11 is 0. The molecule has 4 heteroatoms. The van der Waals surface area contributed by atoms with Crippen LogP contribution < -0.4 is 5.14 Å². The van der Waals surface area contributed by atoms with E-state index in [1.54, 1.807) is 19.2 Å². The van der Waals surface area contributed by atoms with Gasteiger partial charge in [-0.1, -0.05) is 12.1 Å². The molecular weight excluding hydrogens is 184 g/mol. The van der Waals surface area contributed by atoms with Gasteiger partial charge in [-0.25, -0.2) is 4.21 Å². The molecule has 0 aliphatic rings. The molecule has 3 nitrogen and oxygen atoms in total. The van der Waals surface area contributed by atoms with Crippen LogP contribution in [0.4, 0.5) is 0 Å². The van der Waals surface area contributed by atoms with Crippen LogP contribution in [0.5, 0.6) is 0 Å². The fraction of sp³-hybridized carbons (Fsp3) is 0.222. The van der Waals surface area contributed by atoms with Gasteiger partial charge in [0.1, 0.15) is 0 Å². The second kappa shape index (κ2) is 4.89. The maximum Gasteiger partial charge on any atom is 0.0955 e. The van der Waals surface area contributed by atoms with E-state index in [0.717, 1.165) is 5.69 Å². The van der Waals surface area contributed by atoms with Crippen molar-refractivity contribution in [1.82, 2.24) is 4.98 Å². The van der Waals surface area contributed by atoms with E-state index < -0.39 is 11.0 Å². The quantitative estimate of drug-likeness (QED) is 0.787. The first kappa shape index (κ1) is 10.1. The monoisotopic (exact) mass is 196 g/mol. The van der Waals surface area contributed by atoms with E-state index in [2.05, 4.69) is 4.98 Å². The van der Waals surface area contributed by atoms with Crippen molar-refractivity contribution in [3.8, 4) is 0 Å². The summed E-state index contributed by atoms with van der Waals surface area (Å²) in [5, 5.41) is 5.06. The standard InChI is InChI=1S/C9H12N2OS/c1-8(13(10)12)5-6-9-4-2-3-7-11-9/h2-8H,10H2,1H3/b6-5+. The van der Waals surface area contributed by atoms with Gasteiger partial charge in [-0.2, -0.15) is 0 Å². The van der Waals surface area contributed by atoms with Crippen molar-refractivity contribution in [1.29, 1.82) is 0 Å². The van der Waals surface area contributed by atoms with Crippen molar-refractivity contribution >= 4 is 17.1 Å². The van der Waals surface area contributed by atoms with Gasteiger partial charge in [0.25, 0.3) is 0 Å². The Hall–Kier alpha value is -1.00. The molecule has 0 amide bonds. The summed E-state index contributed by atoms with van der Waals surface area (Å²) in [7, 11) is -1.30. The van der Waals surface area contributed by atoms with Gasteiger partial charge in [-0.15, -0.1) is 0 Å². The van der Waals surface area contributed by atoms with Crippen LogP contribution in [0.2, 0.25) is 0 Å². The third kappa shape index (κ3) is 3.48. The lowest BCUT2D eigenvalue weighted by Gasteiger charge is -1.98. The third-order valence-corrected chi connectivity index (χ3v) is 2.48.